The fraction of sp³-hybridized carbons (Fsp3) is 0.960. The molecule has 2 saturated carbocycles. The van der Waals surface area contributed by atoms with Crippen LogP contribution in [0.4, 0.5) is 0 Å². The number of carbonyl (C=O) groups excluding carboxylic acids is 1. The number of piperidine rings is 1. The zero-order valence-electron chi connectivity index (χ0n) is 21.3. The molecule has 2 saturated heterocycles. The molecule has 2 unspecified atom stereocenters. The van der Waals surface area contributed by atoms with Gasteiger partial charge in [-0.05, 0) is 76.5 Å². The van der Waals surface area contributed by atoms with Crippen molar-refractivity contribution < 1.29 is 13.2 Å². The molecular weight excluding hydrogens is 486 g/mol. The lowest BCUT2D eigenvalue weighted by atomic mass is 9.88. The van der Waals surface area contributed by atoms with Crippen LogP contribution in [0.2, 0.25) is 0 Å². The van der Waals surface area contributed by atoms with Gasteiger partial charge in [0.15, 0.2) is 0 Å². The first kappa shape index (κ1) is 27.6. The van der Waals surface area contributed by atoms with Gasteiger partial charge in [0.05, 0.1) is 11.2 Å². The third-order valence-corrected chi connectivity index (χ3v) is 10.8. The van der Waals surface area contributed by atoms with Crippen LogP contribution in [0, 0.1) is 11.8 Å². The lowest BCUT2D eigenvalue weighted by molar-refractivity contribution is -0.126. The number of nitrogens with zero attached hydrogens (tertiary/aromatic N) is 2. The average molecular weight is 532 g/mol. The van der Waals surface area contributed by atoms with Gasteiger partial charge in [-0.3, -0.25) is 10.2 Å². The lowest BCUT2D eigenvalue weighted by Gasteiger charge is -2.38. The molecule has 202 valence electrons. The Morgan fingerprint density at radius 2 is 1.69 bits per heavy atom. The molecule has 0 aromatic heterocycles. The normalized spacial score (nSPS) is 36.3. The Morgan fingerprint density at radius 1 is 1.03 bits per heavy atom. The summed E-state index contributed by atoms with van der Waals surface area (Å²) in [7, 11) is -3.40. The van der Waals surface area contributed by atoms with Gasteiger partial charge in [0.2, 0.25) is 15.9 Å². The monoisotopic (exact) mass is 531 g/mol. The number of carbonyl (C=O) groups is 1. The lowest BCUT2D eigenvalue weighted by Crippen LogP contribution is -2.51. The van der Waals surface area contributed by atoms with E-state index in [0.717, 1.165) is 90.4 Å². The van der Waals surface area contributed by atoms with Crippen molar-refractivity contribution >= 4 is 27.5 Å². The molecule has 0 aromatic carbocycles. The van der Waals surface area contributed by atoms with E-state index < -0.39 is 10.0 Å². The molecule has 2 atom stereocenters. The summed E-state index contributed by atoms with van der Waals surface area (Å²) in [6.07, 6.45) is 11.7. The van der Waals surface area contributed by atoms with Gasteiger partial charge in [-0.15, -0.1) is 11.6 Å². The van der Waals surface area contributed by atoms with E-state index in [1.807, 2.05) is 0 Å². The fourth-order valence-corrected chi connectivity index (χ4v) is 8.03. The van der Waals surface area contributed by atoms with Gasteiger partial charge >= 0.3 is 0 Å². The number of amides is 1. The van der Waals surface area contributed by atoms with Gasteiger partial charge in [0.1, 0.15) is 0 Å². The number of alkyl halides is 1. The average Bonchev–Trinajstić information content (AvgIpc) is 3.25. The van der Waals surface area contributed by atoms with E-state index >= 15 is 0 Å². The number of sulfonamides is 1. The summed E-state index contributed by atoms with van der Waals surface area (Å²) < 4.78 is 23.2. The summed E-state index contributed by atoms with van der Waals surface area (Å²) in [6.45, 7) is 5.96. The molecule has 4 aliphatic rings. The van der Waals surface area contributed by atoms with Crippen molar-refractivity contribution in [3.8, 4) is 0 Å². The van der Waals surface area contributed by atoms with E-state index in [9.17, 15) is 13.2 Å². The molecule has 4 fully saturated rings. The van der Waals surface area contributed by atoms with Crippen LogP contribution >= 0.6 is 11.6 Å². The Balaban J connectivity index is 1.20. The van der Waals surface area contributed by atoms with Crippen molar-refractivity contribution in [1.82, 2.24) is 20.7 Å². The zero-order valence-corrected chi connectivity index (χ0v) is 22.9. The van der Waals surface area contributed by atoms with Crippen molar-refractivity contribution in [2.45, 2.75) is 113 Å². The van der Waals surface area contributed by atoms with Gasteiger partial charge in [-0.25, -0.2) is 18.6 Å². The van der Waals surface area contributed by atoms with Crippen molar-refractivity contribution in [2.75, 3.05) is 26.2 Å². The summed E-state index contributed by atoms with van der Waals surface area (Å²) in [5.74, 6) is 0.776. The van der Waals surface area contributed by atoms with E-state index in [1.165, 1.54) is 0 Å². The van der Waals surface area contributed by atoms with E-state index in [4.69, 9.17) is 16.7 Å². The molecule has 2 heterocycles. The largest absolute Gasteiger partial charge is 0.353 e. The smallest absolute Gasteiger partial charge is 0.226 e. The second kappa shape index (κ2) is 12.4. The molecule has 2 aliphatic heterocycles. The van der Waals surface area contributed by atoms with E-state index in [0.29, 0.717) is 30.2 Å². The van der Waals surface area contributed by atoms with Crippen LogP contribution in [0.3, 0.4) is 0 Å². The van der Waals surface area contributed by atoms with Gasteiger partial charge in [-0.1, -0.05) is 13.3 Å². The number of nitrogens with one attached hydrogen (secondary N) is 2. The Labute approximate surface area is 217 Å². The Hall–Kier alpha value is -0.450. The number of primary sulfonamides is 1. The van der Waals surface area contributed by atoms with Crippen molar-refractivity contribution in [2.24, 2.45) is 17.0 Å². The standard InChI is InChI=1S/C25H46ClN5O3S/c1-2-3-24-23(16-28-31(24)21-8-6-19(26)7-9-21)25(32)29-20-12-14-30(15-13-20)17-18-4-10-22(11-5-18)35(27,33)34/h18-24,28H,2-17H2,1H3,(H,29,32)(H2,27,33,34). The highest BCUT2D eigenvalue weighted by atomic mass is 35.5. The predicted molar refractivity (Wildman–Crippen MR) is 140 cm³/mol. The van der Waals surface area contributed by atoms with Crippen molar-refractivity contribution in [1.29, 1.82) is 0 Å². The Kier molecular flexibility index (Phi) is 9.77. The number of halogens is 1. The van der Waals surface area contributed by atoms with Crippen LogP contribution < -0.4 is 15.9 Å². The topological polar surface area (TPSA) is 108 Å². The van der Waals surface area contributed by atoms with Crippen LogP contribution in [0.15, 0.2) is 0 Å². The molecule has 1 amide bonds. The van der Waals surface area contributed by atoms with Crippen LogP contribution in [-0.4, -0.2) is 79.2 Å². The number of nitrogens with two attached hydrogens (primary N) is 1. The van der Waals surface area contributed by atoms with Gasteiger partial charge in [0.25, 0.3) is 0 Å². The number of hydrazine groups is 1. The third kappa shape index (κ3) is 7.32. The quantitative estimate of drug-likeness (QED) is 0.415. The molecule has 4 N–H and O–H groups in total. The zero-order chi connectivity index (χ0) is 25.0. The highest BCUT2D eigenvalue weighted by Gasteiger charge is 2.42. The van der Waals surface area contributed by atoms with Gasteiger partial charge < -0.3 is 10.2 Å². The molecule has 35 heavy (non-hydrogen) atoms. The van der Waals surface area contributed by atoms with Crippen LogP contribution in [0.1, 0.15) is 84.0 Å². The molecule has 8 nitrogen and oxygen atoms in total. The highest BCUT2D eigenvalue weighted by Crippen LogP contribution is 2.32. The molecule has 2 aliphatic carbocycles. The molecule has 10 heteroatoms. The summed E-state index contributed by atoms with van der Waals surface area (Å²) in [5, 5.41) is 11.1. The summed E-state index contributed by atoms with van der Waals surface area (Å²) in [4.78, 5) is 15.8. The van der Waals surface area contributed by atoms with Crippen molar-refractivity contribution in [3.05, 3.63) is 0 Å². The maximum atomic E-state index is 13.3. The summed E-state index contributed by atoms with van der Waals surface area (Å²) in [6, 6.07) is 1.01. The van der Waals surface area contributed by atoms with Gasteiger partial charge in [-0.2, -0.15) is 0 Å². The molecule has 0 aromatic rings. The Bertz CT molecular complexity index is 791. The minimum absolute atomic E-state index is 0.00992. The van der Waals surface area contributed by atoms with Crippen LogP contribution in [-0.2, 0) is 14.8 Å². The van der Waals surface area contributed by atoms with Crippen LogP contribution in [0.25, 0.3) is 0 Å². The summed E-state index contributed by atoms with van der Waals surface area (Å²) in [5.41, 5.74) is 3.58. The third-order valence-electron chi connectivity index (χ3n) is 8.97. The summed E-state index contributed by atoms with van der Waals surface area (Å²) >= 11 is 6.33. The molecule has 0 spiro atoms. The second-order valence-corrected chi connectivity index (χ2v) is 13.9. The number of rotatable bonds is 8. The maximum absolute atomic E-state index is 13.3. The van der Waals surface area contributed by atoms with E-state index in [2.05, 4.69) is 27.6 Å². The highest BCUT2D eigenvalue weighted by molar-refractivity contribution is 7.89. The molecular formula is C25H46ClN5O3S. The number of hydrogen-bond acceptors (Lipinski definition) is 6. The minimum Gasteiger partial charge on any atom is -0.353 e. The number of likely N-dealkylation sites (tertiary alicyclic amines) is 1. The van der Waals surface area contributed by atoms with Crippen molar-refractivity contribution in [3.63, 3.8) is 0 Å². The minimum atomic E-state index is -3.40. The number of hydrogen-bond donors (Lipinski definition) is 3. The molecule has 0 radical (unpaired) electrons. The fourth-order valence-electron chi connectivity index (χ4n) is 6.84. The first-order valence-corrected chi connectivity index (χ1v) is 16.0. The Morgan fingerprint density at radius 3 is 2.29 bits per heavy atom. The first-order chi connectivity index (χ1) is 16.7. The molecule has 4 rings (SSSR count). The van der Waals surface area contributed by atoms with E-state index in [1.54, 1.807) is 0 Å². The SMILES string of the molecule is CCCC1C(C(=O)NC2CCN(CC3CCC(S(N)(=O)=O)CC3)CC2)CNN1C1CCC(Cl)CC1. The first-order valence-electron chi connectivity index (χ1n) is 13.9. The van der Waals surface area contributed by atoms with Gasteiger partial charge in [0, 0.05) is 49.7 Å². The van der Waals surface area contributed by atoms with E-state index in [-0.39, 0.29) is 29.2 Å². The van der Waals surface area contributed by atoms with Crippen LogP contribution in [0.5, 0.6) is 0 Å². The second-order valence-electron chi connectivity index (χ2n) is 11.5. The molecule has 0 bridgehead atoms. The predicted octanol–water partition coefficient (Wildman–Crippen LogP) is 2.57. The maximum Gasteiger partial charge on any atom is 0.226 e.